The van der Waals surface area contributed by atoms with Gasteiger partial charge in [-0.2, -0.15) is 5.10 Å². The molecule has 1 aliphatic rings. The Kier molecular flexibility index (Phi) is 5.93. The smallest absolute Gasteiger partial charge is 0.241 e. The van der Waals surface area contributed by atoms with Gasteiger partial charge in [0.2, 0.25) is 5.91 Å². The van der Waals surface area contributed by atoms with Crippen LogP contribution in [-0.2, 0) is 24.2 Å². The van der Waals surface area contributed by atoms with Gasteiger partial charge < -0.3 is 4.57 Å². The normalized spacial score (nSPS) is 14.1. The lowest BCUT2D eigenvalue weighted by atomic mass is 9.95. The number of nitrogens with zero attached hydrogens (tertiary/aromatic N) is 2. The van der Waals surface area contributed by atoms with Crippen molar-refractivity contribution in [1.82, 2.24) is 9.99 Å². The number of aromatic nitrogens is 1. The average molecular weight is 428 g/mol. The maximum atomic E-state index is 12.4. The third-order valence-electron chi connectivity index (χ3n) is 5.53. The molecule has 0 atom stereocenters. The van der Waals surface area contributed by atoms with E-state index in [4.69, 9.17) is 23.2 Å². The molecule has 150 valence electrons. The van der Waals surface area contributed by atoms with Gasteiger partial charge in [-0.1, -0.05) is 47.5 Å². The van der Waals surface area contributed by atoms with Crippen molar-refractivity contribution in [2.45, 2.75) is 45.6 Å². The molecule has 1 amide bonds. The number of rotatable bonds is 5. The van der Waals surface area contributed by atoms with Crippen LogP contribution in [0.4, 0.5) is 0 Å². The first-order valence-corrected chi connectivity index (χ1v) is 10.7. The second-order valence-corrected chi connectivity index (χ2v) is 8.23. The second kappa shape index (κ2) is 8.60. The Bertz CT molecular complexity index is 1100. The van der Waals surface area contributed by atoms with E-state index in [9.17, 15) is 4.79 Å². The van der Waals surface area contributed by atoms with E-state index in [1.165, 1.54) is 35.0 Å². The molecule has 0 spiro atoms. The lowest BCUT2D eigenvalue weighted by Gasteiger charge is -2.15. The molecule has 29 heavy (non-hydrogen) atoms. The highest BCUT2D eigenvalue weighted by Gasteiger charge is 2.19. The van der Waals surface area contributed by atoms with Crippen LogP contribution in [0.5, 0.6) is 0 Å². The summed E-state index contributed by atoms with van der Waals surface area (Å²) in [7, 11) is 0. The Morgan fingerprint density at radius 2 is 1.90 bits per heavy atom. The molecule has 4 nitrogen and oxygen atoms in total. The lowest BCUT2D eigenvalue weighted by molar-refractivity contribution is -0.121. The first-order valence-electron chi connectivity index (χ1n) is 9.92. The summed E-state index contributed by atoms with van der Waals surface area (Å²) in [6.45, 7) is 2.48. The summed E-state index contributed by atoms with van der Waals surface area (Å²) in [5.74, 6) is -0.105. The predicted molar refractivity (Wildman–Crippen MR) is 120 cm³/mol. The maximum absolute atomic E-state index is 12.4. The number of hydrazone groups is 1. The zero-order valence-electron chi connectivity index (χ0n) is 16.3. The Morgan fingerprint density at radius 3 is 2.72 bits per heavy atom. The van der Waals surface area contributed by atoms with E-state index < -0.39 is 0 Å². The number of aryl methyl sites for hydroxylation is 2. The monoisotopic (exact) mass is 427 g/mol. The summed E-state index contributed by atoms with van der Waals surface area (Å²) in [6.07, 6.45) is 5.04. The van der Waals surface area contributed by atoms with Crippen LogP contribution in [0.1, 0.15) is 43.0 Å². The zero-order chi connectivity index (χ0) is 20.4. The summed E-state index contributed by atoms with van der Waals surface area (Å²) in [5, 5.41) is 6.51. The van der Waals surface area contributed by atoms with Crippen molar-refractivity contribution in [1.29, 1.82) is 0 Å². The molecule has 0 aliphatic heterocycles. The highest BCUT2D eigenvalue weighted by molar-refractivity contribution is 6.42. The Labute approximate surface area is 180 Å². The molecule has 1 aliphatic carbocycles. The van der Waals surface area contributed by atoms with Gasteiger partial charge in [0.1, 0.15) is 0 Å². The van der Waals surface area contributed by atoms with Crippen molar-refractivity contribution < 1.29 is 4.79 Å². The summed E-state index contributed by atoms with van der Waals surface area (Å²) in [5.41, 5.74) is 8.24. The largest absolute Gasteiger partial charge is 0.344 e. The minimum atomic E-state index is -0.105. The Hall–Kier alpha value is -2.30. The van der Waals surface area contributed by atoms with Gasteiger partial charge in [0.25, 0.3) is 0 Å². The first kappa shape index (κ1) is 20.0. The van der Waals surface area contributed by atoms with Crippen molar-refractivity contribution in [3.05, 3.63) is 69.3 Å². The van der Waals surface area contributed by atoms with E-state index in [1.54, 1.807) is 12.1 Å². The topological polar surface area (TPSA) is 46.4 Å². The van der Waals surface area contributed by atoms with Crippen LogP contribution in [-0.4, -0.2) is 16.2 Å². The Morgan fingerprint density at radius 1 is 1.10 bits per heavy atom. The molecule has 6 heteroatoms. The molecule has 0 saturated heterocycles. The summed E-state index contributed by atoms with van der Waals surface area (Å²) in [4.78, 5) is 12.4. The number of fused-ring (bicyclic) bond motifs is 3. The number of halogens is 2. The second-order valence-electron chi connectivity index (χ2n) is 7.41. The number of benzene rings is 2. The third-order valence-corrected chi connectivity index (χ3v) is 6.27. The summed E-state index contributed by atoms with van der Waals surface area (Å²) in [6, 6.07) is 13.8. The molecule has 0 bridgehead atoms. The quantitative estimate of drug-likeness (QED) is 0.408. The molecule has 0 fully saturated rings. The molecule has 0 saturated carbocycles. The van der Waals surface area contributed by atoms with Crippen LogP contribution in [0.15, 0.2) is 47.6 Å². The number of amides is 1. The van der Waals surface area contributed by atoms with Crippen LogP contribution in [0.2, 0.25) is 10.0 Å². The van der Waals surface area contributed by atoms with Crippen molar-refractivity contribution in [2.24, 2.45) is 5.10 Å². The highest BCUT2D eigenvalue weighted by Crippen LogP contribution is 2.32. The van der Waals surface area contributed by atoms with E-state index in [2.05, 4.69) is 39.4 Å². The summed E-state index contributed by atoms with van der Waals surface area (Å²) >= 11 is 12.0. The van der Waals surface area contributed by atoms with E-state index in [0.29, 0.717) is 28.7 Å². The fraction of sp³-hybridized carbons (Fsp3) is 0.304. The van der Waals surface area contributed by atoms with Gasteiger partial charge in [-0.05, 0) is 61.9 Å². The fourth-order valence-corrected chi connectivity index (χ4v) is 4.34. The minimum Gasteiger partial charge on any atom is -0.344 e. The van der Waals surface area contributed by atoms with Crippen LogP contribution < -0.4 is 5.43 Å². The molecule has 2 aromatic carbocycles. The van der Waals surface area contributed by atoms with Crippen LogP contribution >= 0.6 is 23.2 Å². The number of nitrogens with one attached hydrogen (secondary N) is 1. The van der Waals surface area contributed by atoms with Crippen molar-refractivity contribution in [2.75, 3.05) is 0 Å². The molecular weight excluding hydrogens is 405 g/mol. The van der Waals surface area contributed by atoms with E-state index in [1.807, 2.05) is 13.0 Å². The maximum Gasteiger partial charge on any atom is 0.241 e. The van der Waals surface area contributed by atoms with Crippen LogP contribution in [0, 0.1) is 0 Å². The van der Waals surface area contributed by atoms with Gasteiger partial charge in [0, 0.05) is 29.6 Å². The molecular formula is C23H23Cl2N3O. The lowest BCUT2D eigenvalue weighted by Crippen LogP contribution is -2.21. The van der Waals surface area contributed by atoms with Gasteiger partial charge in [0.15, 0.2) is 0 Å². The molecule has 1 N–H and O–H groups in total. The average Bonchev–Trinajstić information content (AvgIpc) is 3.06. The number of hydrogen-bond donors (Lipinski definition) is 1. The van der Waals surface area contributed by atoms with Gasteiger partial charge in [-0.15, -0.1) is 0 Å². The SMILES string of the molecule is C/C(=N\NC(=O)CCn1c2c(c3ccccc31)CCCC2)c1ccc(Cl)c(Cl)c1. The van der Waals surface area contributed by atoms with E-state index >= 15 is 0 Å². The summed E-state index contributed by atoms with van der Waals surface area (Å²) < 4.78 is 2.32. The van der Waals surface area contributed by atoms with Crippen molar-refractivity contribution in [3.8, 4) is 0 Å². The molecule has 0 unspecified atom stereocenters. The number of para-hydroxylation sites is 1. The molecule has 4 rings (SSSR count). The van der Waals surface area contributed by atoms with E-state index in [0.717, 1.165) is 18.4 Å². The van der Waals surface area contributed by atoms with Gasteiger partial charge in [-0.25, -0.2) is 5.43 Å². The third kappa shape index (κ3) is 4.19. The van der Waals surface area contributed by atoms with Crippen LogP contribution in [0.3, 0.4) is 0 Å². The fourth-order valence-electron chi connectivity index (χ4n) is 4.04. The molecule has 3 aromatic rings. The first-order chi connectivity index (χ1) is 14.0. The number of carbonyl (C=O) groups excluding carboxylic acids is 1. The molecule has 1 heterocycles. The van der Waals surface area contributed by atoms with Crippen LogP contribution in [0.25, 0.3) is 10.9 Å². The zero-order valence-corrected chi connectivity index (χ0v) is 17.9. The Balaban J connectivity index is 1.46. The number of hydrogen-bond acceptors (Lipinski definition) is 2. The van der Waals surface area contributed by atoms with Gasteiger partial charge in [-0.3, -0.25) is 4.79 Å². The molecule has 1 aromatic heterocycles. The predicted octanol–water partition coefficient (Wildman–Crippen LogP) is 5.76. The van der Waals surface area contributed by atoms with Crippen molar-refractivity contribution >= 4 is 45.7 Å². The van der Waals surface area contributed by atoms with Gasteiger partial charge >= 0.3 is 0 Å². The molecule has 0 radical (unpaired) electrons. The van der Waals surface area contributed by atoms with E-state index in [-0.39, 0.29) is 5.91 Å². The standard InChI is InChI=1S/C23H23Cl2N3O/c1-15(16-10-11-19(24)20(25)14-16)26-27-23(29)12-13-28-21-8-4-2-6-17(21)18-7-3-5-9-22(18)28/h2,4,6,8,10-11,14H,3,5,7,9,12-13H2,1H3,(H,27,29)/b26-15+. The van der Waals surface area contributed by atoms with Gasteiger partial charge in [0.05, 0.1) is 15.8 Å². The van der Waals surface area contributed by atoms with Crippen molar-refractivity contribution in [3.63, 3.8) is 0 Å². The minimum absolute atomic E-state index is 0.105. The number of carbonyl (C=O) groups is 1. The highest BCUT2D eigenvalue weighted by atomic mass is 35.5.